The van der Waals surface area contributed by atoms with Gasteiger partial charge in [0.2, 0.25) is 0 Å². The lowest BCUT2D eigenvalue weighted by Crippen LogP contribution is -2.02. The molecule has 1 aromatic carbocycles. The van der Waals surface area contributed by atoms with E-state index in [9.17, 15) is 0 Å². The molecule has 0 aromatic heterocycles. The van der Waals surface area contributed by atoms with Crippen molar-refractivity contribution in [1.82, 2.24) is 0 Å². The summed E-state index contributed by atoms with van der Waals surface area (Å²) >= 11 is 1.92. The van der Waals surface area contributed by atoms with Gasteiger partial charge in [0, 0.05) is 5.75 Å². The first-order chi connectivity index (χ1) is 8.38. The van der Waals surface area contributed by atoms with Crippen LogP contribution in [0.15, 0.2) is 24.3 Å². The third-order valence-electron chi connectivity index (χ3n) is 2.38. The molecule has 0 N–H and O–H groups in total. The van der Waals surface area contributed by atoms with Gasteiger partial charge in [0.1, 0.15) is 11.8 Å². The van der Waals surface area contributed by atoms with Gasteiger partial charge in [-0.25, -0.2) is 0 Å². The number of thioether (sulfide) groups is 1. The Bertz CT molecular complexity index is 359. The van der Waals surface area contributed by atoms with Crippen LogP contribution in [-0.2, 0) is 0 Å². The maximum Gasteiger partial charge on any atom is 0.137 e. The van der Waals surface area contributed by atoms with E-state index in [1.165, 1.54) is 25.0 Å². The second-order valence-electron chi connectivity index (χ2n) is 3.78. The molecular formula is C14H19NOS. The lowest BCUT2D eigenvalue weighted by atomic mass is 10.2. The first-order valence-electron chi connectivity index (χ1n) is 6.08. The Morgan fingerprint density at radius 3 is 2.82 bits per heavy atom. The third kappa shape index (κ3) is 5.65. The van der Waals surface area contributed by atoms with Crippen molar-refractivity contribution >= 4 is 11.8 Å². The van der Waals surface area contributed by atoms with Crippen LogP contribution in [0.25, 0.3) is 0 Å². The molecule has 0 unspecified atom stereocenters. The van der Waals surface area contributed by atoms with Gasteiger partial charge in [0.25, 0.3) is 0 Å². The number of nitrogens with zero attached hydrogens (tertiary/aromatic N) is 1. The first-order valence-corrected chi connectivity index (χ1v) is 7.23. The number of para-hydroxylation sites is 1. The van der Waals surface area contributed by atoms with Gasteiger partial charge >= 0.3 is 0 Å². The maximum atomic E-state index is 8.88. The molecule has 0 heterocycles. The van der Waals surface area contributed by atoms with Crippen molar-refractivity contribution in [3.63, 3.8) is 0 Å². The zero-order valence-corrected chi connectivity index (χ0v) is 11.1. The second-order valence-corrected chi connectivity index (χ2v) is 5.00. The molecule has 3 heteroatoms. The number of hydrogen-bond acceptors (Lipinski definition) is 3. The second kappa shape index (κ2) is 8.95. The van der Waals surface area contributed by atoms with Gasteiger partial charge in [0.05, 0.1) is 12.2 Å². The van der Waals surface area contributed by atoms with E-state index < -0.39 is 0 Å². The molecule has 0 spiro atoms. The van der Waals surface area contributed by atoms with Crippen molar-refractivity contribution in [1.29, 1.82) is 5.26 Å². The summed E-state index contributed by atoms with van der Waals surface area (Å²) in [4.78, 5) is 0. The molecule has 0 atom stereocenters. The van der Waals surface area contributed by atoms with Crippen LogP contribution in [0.3, 0.4) is 0 Å². The highest BCUT2D eigenvalue weighted by molar-refractivity contribution is 7.99. The number of nitriles is 1. The summed E-state index contributed by atoms with van der Waals surface area (Å²) in [6, 6.07) is 9.51. The molecule has 0 saturated heterocycles. The maximum absolute atomic E-state index is 8.88. The Labute approximate surface area is 108 Å². The van der Waals surface area contributed by atoms with Gasteiger partial charge in [-0.05, 0) is 24.3 Å². The summed E-state index contributed by atoms with van der Waals surface area (Å²) in [5.74, 6) is 2.89. The smallest absolute Gasteiger partial charge is 0.137 e. The van der Waals surface area contributed by atoms with E-state index in [0.29, 0.717) is 17.9 Å². The van der Waals surface area contributed by atoms with Crippen molar-refractivity contribution in [2.75, 3.05) is 18.1 Å². The highest BCUT2D eigenvalue weighted by Gasteiger charge is 2.00. The van der Waals surface area contributed by atoms with Gasteiger partial charge < -0.3 is 4.74 Å². The fourth-order valence-corrected chi connectivity index (χ4v) is 2.27. The van der Waals surface area contributed by atoms with Crippen LogP contribution in [-0.4, -0.2) is 18.1 Å². The topological polar surface area (TPSA) is 33.0 Å². The predicted molar refractivity (Wildman–Crippen MR) is 73.5 cm³/mol. The Morgan fingerprint density at radius 1 is 1.24 bits per heavy atom. The molecule has 0 fully saturated rings. The Kier molecular flexibility index (Phi) is 7.33. The number of rotatable bonds is 8. The fraction of sp³-hybridized carbons (Fsp3) is 0.500. The van der Waals surface area contributed by atoms with Crippen LogP contribution in [0.4, 0.5) is 0 Å². The van der Waals surface area contributed by atoms with Crippen LogP contribution < -0.4 is 4.74 Å². The van der Waals surface area contributed by atoms with Crippen molar-refractivity contribution in [3.05, 3.63) is 29.8 Å². The highest BCUT2D eigenvalue weighted by Crippen LogP contribution is 2.17. The summed E-state index contributed by atoms with van der Waals surface area (Å²) in [6.07, 6.45) is 3.87. The number of ether oxygens (including phenoxy) is 1. The van der Waals surface area contributed by atoms with Crippen molar-refractivity contribution < 1.29 is 4.74 Å². The third-order valence-corrected chi connectivity index (χ3v) is 3.42. The summed E-state index contributed by atoms with van der Waals surface area (Å²) < 4.78 is 5.59. The molecular weight excluding hydrogens is 230 g/mol. The number of unbranched alkanes of at least 4 members (excludes halogenated alkanes) is 2. The van der Waals surface area contributed by atoms with Crippen LogP contribution >= 0.6 is 11.8 Å². The molecule has 1 rings (SSSR count). The van der Waals surface area contributed by atoms with E-state index in [1.807, 2.05) is 30.0 Å². The number of hydrogen-bond donors (Lipinski definition) is 0. The molecule has 0 saturated carbocycles. The van der Waals surface area contributed by atoms with Crippen molar-refractivity contribution in [2.45, 2.75) is 26.2 Å². The minimum absolute atomic E-state index is 0.614. The van der Waals surface area contributed by atoms with Crippen LogP contribution in [0.1, 0.15) is 31.7 Å². The molecule has 0 bridgehead atoms. The zero-order chi connectivity index (χ0) is 12.3. The SMILES string of the molecule is CCCCCSCCOc1ccccc1C#N. The quantitative estimate of drug-likeness (QED) is 0.656. The van der Waals surface area contributed by atoms with E-state index in [1.54, 1.807) is 6.07 Å². The van der Waals surface area contributed by atoms with Gasteiger partial charge in [-0.3, -0.25) is 0 Å². The molecule has 0 radical (unpaired) electrons. The summed E-state index contributed by atoms with van der Waals surface area (Å²) in [5.41, 5.74) is 0.614. The normalized spacial score (nSPS) is 9.88. The van der Waals surface area contributed by atoms with Gasteiger partial charge in [-0.15, -0.1) is 0 Å². The van der Waals surface area contributed by atoms with E-state index in [0.717, 1.165) is 5.75 Å². The van der Waals surface area contributed by atoms with E-state index in [2.05, 4.69) is 13.0 Å². The standard InChI is InChI=1S/C14H19NOS/c1-2-3-6-10-17-11-9-16-14-8-5-4-7-13(14)12-15/h4-5,7-8H,2-3,6,9-11H2,1H3. The van der Waals surface area contributed by atoms with Crippen LogP contribution in [0.5, 0.6) is 5.75 Å². The minimum Gasteiger partial charge on any atom is -0.491 e. The molecule has 0 aliphatic heterocycles. The molecule has 2 nitrogen and oxygen atoms in total. The molecule has 0 aliphatic carbocycles. The Balaban J connectivity index is 2.16. The van der Waals surface area contributed by atoms with Gasteiger partial charge in [-0.1, -0.05) is 31.9 Å². The Hall–Kier alpha value is -1.14. The van der Waals surface area contributed by atoms with Crippen molar-refractivity contribution in [3.8, 4) is 11.8 Å². The summed E-state index contributed by atoms with van der Waals surface area (Å²) in [6.45, 7) is 2.89. The van der Waals surface area contributed by atoms with Gasteiger partial charge in [-0.2, -0.15) is 17.0 Å². The lowest BCUT2D eigenvalue weighted by Gasteiger charge is -2.07. The highest BCUT2D eigenvalue weighted by atomic mass is 32.2. The van der Waals surface area contributed by atoms with E-state index in [-0.39, 0.29) is 0 Å². The van der Waals surface area contributed by atoms with Crippen LogP contribution in [0.2, 0.25) is 0 Å². The molecule has 0 aliphatic rings. The molecule has 17 heavy (non-hydrogen) atoms. The fourth-order valence-electron chi connectivity index (χ4n) is 1.45. The average Bonchev–Trinajstić information content (AvgIpc) is 2.38. The van der Waals surface area contributed by atoms with E-state index >= 15 is 0 Å². The average molecular weight is 249 g/mol. The molecule has 1 aromatic rings. The summed E-state index contributed by atoms with van der Waals surface area (Å²) in [7, 11) is 0. The monoisotopic (exact) mass is 249 g/mol. The Morgan fingerprint density at radius 2 is 2.06 bits per heavy atom. The number of benzene rings is 1. The van der Waals surface area contributed by atoms with E-state index in [4.69, 9.17) is 10.00 Å². The molecule has 0 amide bonds. The van der Waals surface area contributed by atoms with Gasteiger partial charge in [0.15, 0.2) is 0 Å². The zero-order valence-electron chi connectivity index (χ0n) is 10.3. The predicted octanol–water partition coefficient (Wildman–Crippen LogP) is 3.86. The summed E-state index contributed by atoms with van der Waals surface area (Å²) in [5, 5.41) is 8.88. The van der Waals surface area contributed by atoms with Crippen LogP contribution in [0, 0.1) is 11.3 Å². The first kappa shape index (κ1) is 13.9. The van der Waals surface area contributed by atoms with Crippen molar-refractivity contribution in [2.24, 2.45) is 0 Å². The minimum atomic E-state index is 0.614. The lowest BCUT2D eigenvalue weighted by molar-refractivity contribution is 0.343. The largest absolute Gasteiger partial charge is 0.491 e. The molecule has 92 valence electrons.